The summed E-state index contributed by atoms with van der Waals surface area (Å²) in [6.07, 6.45) is 2.65. The number of ether oxygens (including phenoxy) is 1. The molecule has 1 aliphatic rings. The molecule has 2 atom stereocenters. The second kappa shape index (κ2) is 9.24. The third-order valence-corrected chi connectivity index (χ3v) is 7.56. The Morgan fingerprint density at radius 1 is 1.12 bits per heavy atom. The Balaban J connectivity index is 1.82. The van der Waals surface area contributed by atoms with Crippen molar-refractivity contribution in [1.82, 2.24) is 9.47 Å². The quantitative estimate of drug-likeness (QED) is 0.428. The number of carbonyl (C=O) groups excluding carboxylic acids is 1. The minimum atomic E-state index is -0.469. The van der Waals surface area contributed by atoms with Crippen molar-refractivity contribution in [2.24, 2.45) is 5.92 Å². The zero-order valence-corrected chi connectivity index (χ0v) is 21.0. The molecule has 2 heterocycles. The van der Waals surface area contributed by atoms with Crippen molar-refractivity contribution in [3.8, 4) is 0 Å². The summed E-state index contributed by atoms with van der Waals surface area (Å²) in [6.45, 7) is 14.0. The van der Waals surface area contributed by atoms with Gasteiger partial charge in [0.1, 0.15) is 5.60 Å². The van der Waals surface area contributed by atoms with E-state index >= 15 is 0 Å². The van der Waals surface area contributed by atoms with E-state index in [0.717, 1.165) is 25.8 Å². The van der Waals surface area contributed by atoms with E-state index in [1.165, 1.54) is 33.3 Å². The summed E-state index contributed by atoms with van der Waals surface area (Å²) in [5.74, 6) is 0.389. The SMILES string of the molecule is CCC(C)(C)OC(=O)N1Cc2c(n(Cc3ccccc3)c3ccc(C)cc23)CCC(C)C1C. The Bertz CT molecular complexity index is 1130. The number of amides is 1. The topological polar surface area (TPSA) is 34.5 Å². The van der Waals surface area contributed by atoms with Crippen molar-refractivity contribution in [1.29, 1.82) is 0 Å². The molecule has 1 amide bonds. The summed E-state index contributed by atoms with van der Waals surface area (Å²) in [5.41, 5.74) is 5.94. The van der Waals surface area contributed by atoms with Gasteiger partial charge in [-0.3, -0.25) is 0 Å². The minimum absolute atomic E-state index is 0.121. The number of aromatic nitrogens is 1. The average molecular weight is 447 g/mol. The van der Waals surface area contributed by atoms with Crippen LogP contribution in [0.5, 0.6) is 0 Å². The zero-order chi connectivity index (χ0) is 23.8. The molecule has 2 unspecified atom stereocenters. The molecule has 4 rings (SSSR count). The lowest BCUT2D eigenvalue weighted by molar-refractivity contribution is -0.00254. The van der Waals surface area contributed by atoms with Crippen LogP contribution in [0.15, 0.2) is 48.5 Å². The molecule has 2 aromatic carbocycles. The first-order valence-corrected chi connectivity index (χ1v) is 12.3. The third kappa shape index (κ3) is 4.80. The predicted octanol–water partition coefficient (Wildman–Crippen LogP) is 7.10. The summed E-state index contributed by atoms with van der Waals surface area (Å²) < 4.78 is 8.45. The van der Waals surface area contributed by atoms with Gasteiger partial charge in [0.05, 0.1) is 6.54 Å². The summed E-state index contributed by atoms with van der Waals surface area (Å²) in [7, 11) is 0. The molecule has 4 heteroatoms. The Morgan fingerprint density at radius 2 is 1.85 bits per heavy atom. The molecule has 0 bridgehead atoms. The highest BCUT2D eigenvalue weighted by Crippen LogP contribution is 2.35. The lowest BCUT2D eigenvalue weighted by Gasteiger charge is -2.37. The number of fused-ring (bicyclic) bond motifs is 3. The van der Waals surface area contributed by atoms with Gasteiger partial charge in [0.25, 0.3) is 0 Å². The van der Waals surface area contributed by atoms with Gasteiger partial charge in [0.2, 0.25) is 0 Å². The molecule has 0 radical (unpaired) electrons. The maximum Gasteiger partial charge on any atom is 0.410 e. The van der Waals surface area contributed by atoms with Crippen LogP contribution < -0.4 is 0 Å². The lowest BCUT2D eigenvalue weighted by atomic mass is 9.91. The van der Waals surface area contributed by atoms with Crippen LogP contribution >= 0.6 is 0 Å². The number of benzene rings is 2. The largest absolute Gasteiger partial charge is 0.443 e. The third-order valence-electron chi connectivity index (χ3n) is 7.56. The normalized spacial score (nSPS) is 19.2. The highest BCUT2D eigenvalue weighted by molar-refractivity contribution is 5.87. The van der Waals surface area contributed by atoms with Crippen LogP contribution in [-0.4, -0.2) is 27.2 Å². The Kier molecular flexibility index (Phi) is 6.56. The van der Waals surface area contributed by atoms with Gasteiger partial charge in [-0.05, 0) is 70.6 Å². The molecular weight excluding hydrogens is 408 g/mol. The summed E-state index contributed by atoms with van der Waals surface area (Å²) in [5, 5.41) is 1.26. The van der Waals surface area contributed by atoms with E-state index in [1.54, 1.807) is 0 Å². The Hall–Kier alpha value is -2.75. The Morgan fingerprint density at radius 3 is 2.55 bits per heavy atom. The highest BCUT2D eigenvalue weighted by Gasteiger charge is 2.34. The number of hydrogen-bond acceptors (Lipinski definition) is 2. The lowest BCUT2D eigenvalue weighted by Crippen LogP contribution is -2.45. The molecule has 0 N–H and O–H groups in total. The van der Waals surface area contributed by atoms with Crippen molar-refractivity contribution in [2.45, 2.75) is 85.5 Å². The van der Waals surface area contributed by atoms with Gasteiger partial charge >= 0.3 is 6.09 Å². The molecule has 33 heavy (non-hydrogen) atoms. The molecule has 0 saturated carbocycles. The van der Waals surface area contributed by atoms with E-state index in [2.05, 4.69) is 80.8 Å². The van der Waals surface area contributed by atoms with E-state index in [-0.39, 0.29) is 12.1 Å². The van der Waals surface area contributed by atoms with Crippen LogP contribution in [-0.2, 0) is 24.2 Å². The monoisotopic (exact) mass is 446 g/mol. The molecule has 0 spiro atoms. The zero-order valence-electron chi connectivity index (χ0n) is 21.0. The first-order valence-electron chi connectivity index (χ1n) is 12.3. The van der Waals surface area contributed by atoms with Crippen LogP contribution in [0.25, 0.3) is 10.9 Å². The molecule has 176 valence electrons. The van der Waals surface area contributed by atoms with E-state index in [4.69, 9.17) is 4.74 Å². The predicted molar refractivity (Wildman–Crippen MR) is 136 cm³/mol. The second-order valence-electron chi connectivity index (χ2n) is 10.4. The summed E-state index contributed by atoms with van der Waals surface area (Å²) >= 11 is 0. The fourth-order valence-corrected chi connectivity index (χ4v) is 4.82. The number of hydrogen-bond donors (Lipinski definition) is 0. The summed E-state index contributed by atoms with van der Waals surface area (Å²) in [4.78, 5) is 15.4. The van der Waals surface area contributed by atoms with Gasteiger partial charge in [0, 0.05) is 34.7 Å². The highest BCUT2D eigenvalue weighted by atomic mass is 16.6. The van der Waals surface area contributed by atoms with Crippen LogP contribution in [0, 0.1) is 12.8 Å². The summed E-state index contributed by atoms with van der Waals surface area (Å²) in [6, 6.07) is 17.5. The molecule has 0 aliphatic carbocycles. The van der Waals surface area contributed by atoms with Gasteiger partial charge < -0.3 is 14.2 Å². The van der Waals surface area contributed by atoms with Gasteiger partial charge in [-0.25, -0.2) is 4.79 Å². The number of aryl methyl sites for hydroxylation is 1. The van der Waals surface area contributed by atoms with Crippen molar-refractivity contribution in [2.75, 3.05) is 0 Å². The molecule has 1 aromatic heterocycles. The first kappa shape index (κ1) is 23.4. The van der Waals surface area contributed by atoms with E-state index < -0.39 is 5.60 Å². The van der Waals surface area contributed by atoms with Crippen LogP contribution in [0.3, 0.4) is 0 Å². The van der Waals surface area contributed by atoms with E-state index in [9.17, 15) is 4.79 Å². The molecule has 4 nitrogen and oxygen atoms in total. The number of nitrogens with zero attached hydrogens (tertiary/aromatic N) is 2. The maximum absolute atomic E-state index is 13.4. The van der Waals surface area contributed by atoms with Gasteiger partial charge in [-0.15, -0.1) is 0 Å². The van der Waals surface area contributed by atoms with E-state index in [0.29, 0.717) is 12.5 Å². The van der Waals surface area contributed by atoms with Crippen LogP contribution in [0.2, 0.25) is 0 Å². The smallest absolute Gasteiger partial charge is 0.410 e. The fourth-order valence-electron chi connectivity index (χ4n) is 4.82. The maximum atomic E-state index is 13.4. The van der Waals surface area contributed by atoms with Crippen molar-refractivity contribution < 1.29 is 9.53 Å². The van der Waals surface area contributed by atoms with Gasteiger partial charge in [-0.1, -0.05) is 55.8 Å². The molecule has 3 aromatic rings. The molecule has 1 aliphatic heterocycles. The van der Waals surface area contributed by atoms with Crippen molar-refractivity contribution in [3.05, 3.63) is 70.9 Å². The molecule has 0 saturated heterocycles. The first-order chi connectivity index (χ1) is 15.7. The van der Waals surface area contributed by atoms with Gasteiger partial charge in [-0.2, -0.15) is 0 Å². The fraction of sp³-hybridized carbons (Fsp3) is 0.483. The molecular formula is C29H38N2O2. The number of rotatable bonds is 4. The average Bonchev–Trinajstić information content (AvgIpc) is 3.05. The number of carbonyl (C=O) groups is 1. The van der Waals surface area contributed by atoms with Crippen molar-refractivity contribution in [3.63, 3.8) is 0 Å². The second-order valence-corrected chi connectivity index (χ2v) is 10.4. The van der Waals surface area contributed by atoms with E-state index in [1.807, 2.05) is 18.7 Å². The minimum Gasteiger partial charge on any atom is -0.443 e. The Labute approximate surface area is 198 Å². The van der Waals surface area contributed by atoms with Gasteiger partial charge in [0.15, 0.2) is 0 Å². The van der Waals surface area contributed by atoms with Crippen molar-refractivity contribution >= 4 is 17.0 Å². The molecule has 0 fully saturated rings. The standard InChI is InChI=1S/C29H38N2O2/c1-7-29(5,6)33-28(32)30-19-25-24-17-20(2)13-15-26(24)31(18-23-11-9-8-10-12-23)27(25)16-14-21(3)22(30)4/h8-13,15,17,21-22H,7,14,16,18-19H2,1-6H3. The van der Waals surface area contributed by atoms with Crippen LogP contribution in [0.4, 0.5) is 4.79 Å². The van der Waals surface area contributed by atoms with Crippen LogP contribution in [0.1, 0.15) is 69.8 Å².